The second-order valence-corrected chi connectivity index (χ2v) is 12.0. The molecule has 6 nitrogen and oxygen atoms in total. The van der Waals surface area contributed by atoms with Gasteiger partial charge in [-0.1, -0.05) is 62.4 Å². The van der Waals surface area contributed by atoms with E-state index in [-0.39, 0.29) is 5.78 Å². The van der Waals surface area contributed by atoms with Gasteiger partial charge in [0.05, 0.1) is 11.8 Å². The van der Waals surface area contributed by atoms with E-state index in [1.54, 1.807) is 38.1 Å². The number of nitrogens with zero attached hydrogens (tertiary/aromatic N) is 1. The first-order valence-electron chi connectivity index (χ1n) is 12.9. The fourth-order valence-corrected chi connectivity index (χ4v) is 7.78. The summed E-state index contributed by atoms with van der Waals surface area (Å²) in [5.74, 6) is -3.95. The van der Waals surface area contributed by atoms with E-state index in [4.69, 9.17) is 23.2 Å². The van der Waals surface area contributed by atoms with Gasteiger partial charge in [-0.2, -0.15) is 0 Å². The monoisotopic (exact) mass is 560 g/mol. The van der Waals surface area contributed by atoms with Crippen LogP contribution in [-0.2, 0) is 24.1 Å². The minimum atomic E-state index is -1.31. The molecule has 198 valence electrons. The smallest absolute Gasteiger partial charge is 0.247 e. The number of hydrogen-bond donors (Lipinski definition) is 1. The maximum absolute atomic E-state index is 14.3. The van der Waals surface area contributed by atoms with Crippen LogP contribution in [0.25, 0.3) is 0 Å². The van der Waals surface area contributed by atoms with Crippen molar-refractivity contribution in [1.29, 1.82) is 0 Å². The second-order valence-electron chi connectivity index (χ2n) is 10.8. The minimum Gasteiger partial charge on any atom is -0.324 e. The van der Waals surface area contributed by atoms with Crippen LogP contribution >= 0.6 is 23.2 Å². The number of amides is 3. The van der Waals surface area contributed by atoms with Gasteiger partial charge in [-0.15, -0.1) is 23.2 Å². The van der Waals surface area contributed by atoms with E-state index in [1.165, 1.54) is 6.92 Å². The van der Waals surface area contributed by atoms with Crippen LogP contribution in [0, 0.1) is 17.8 Å². The molecular weight excluding hydrogens is 535 g/mol. The van der Waals surface area contributed by atoms with Crippen molar-refractivity contribution in [2.45, 2.75) is 36.6 Å². The molecule has 4 aliphatic rings. The fraction of sp³-hybridized carbons (Fsp3) is 0.290. The van der Waals surface area contributed by atoms with Gasteiger partial charge in [0.25, 0.3) is 0 Å². The molecule has 3 amide bonds. The molecule has 0 aromatic heterocycles. The molecule has 1 N–H and O–H groups in total. The first kappa shape index (κ1) is 25.8. The summed E-state index contributed by atoms with van der Waals surface area (Å²) in [6.07, 6.45) is 0. The van der Waals surface area contributed by atoms with Crippen molar-refractivity contribution in [1.82, 2.24) is 4.90 Å². The zero-order valence-electron chi connectivity index (χ0n) is 21.6. The van der Waals surface area contributed by atoms with Crippen LogP contribution in [-0.4, -0.2) is 34.4 Å². The van der Waals surface area contributed by atoms with Crippen LogP contribution in [0.4, 0.5) is 5.69 Å². The van der Waals surface area contributed by atoms with E-state index in [0.717, 1.165) is 4.90 Å². The average molecular weight is 561 g/mol. The highest BCUT2D eigenvalue weighted by atomic mass is 35.5. The van der Waals surface area contributed by atoms with Crippen molar-refractivity contribution in [3.8, 4) is 0 Å². The molecular formula is C31H26Cl2N2O4. The summed E-state index contributed by atoms with van der Waals surface area (Å²) >= 11 is 15.0. The van der Waals surface area contributed by atoms with Gasteiger partial charge in [0.1, 0.15) is 15.8 Å². The van der Waals surface area contributed by atoms with Gasteiger partial charge in [0.15, 0.2) is 5.78 Å². The highest BCUT2D eigenvalue weighted by molar-refractivity contribution is 6.36. The Morgan fingerprint density at radius 3 is 1.54 bits per heavy atom. The number of carbonyl (C=O) groups is 4. The summed E-state index contributed by atoms with van der Waals surface area (Å²) in [5, 5.41) is 2.82. The molecule has 0 unspecified atom stereocenters. The van der Waals surface area contributed by atoms with Crippen molar-refractivity contribution in [3.63, 3.8) is 0 Å². The number of benzene rings is 3. The third kappa shape index (κ3) is 3.34. The molecule has 39 heavy (non-hydrogen) atoms. The van der Waals surface area contributed by atoms with Gasteiger partial charge in [-0.05, 0) is 59.4 Å². The van der Waals surface area contributed by atoms with E-state index in [0.29, 0.717) is 33.5 Å². The highest BCUT2D eigenvalue weighted by Crippen LogP contribution is 2.69. The third-order valence-electron chi connectivity index (χ3n) is 8.36. The van der Waals surface area contributed by atoms with Crippen molar-refractivity contribution < 1.29 is 19.2 Å². The zero-order chi connectivity index (χ0) is 27.9. The van der Waals surface area contributed by atoms with Crippen LogP contribution in [0.5, 0.6) is 0 Å². The van der Waals surface area contributed by atoms with Gasteiger partial charge in [-0.25, -0.2) is 0 Å². The number of likely N-dealkylation sites (tertiary alicyclic amines) is 1. The quantitative estimate of drug-likeness (QED) is 0.255. The lowest BCUT2D eigenvalue weighted by Gasteiger charge is -2.54. The van der Waals surface area contributed by atoms with Gasteiger partial charge in [0.2, 0.25) is 17.7 Å². The van der Waals surface area contributed by atoms with E-state index < -0.39 is 51.3 Å². The molecule has 0 radical (unpaired) electrons. The summed E-state index contributed by atoms with van der Waals surface area (Å²) in [4.78, 5) is 52.3. The Labute approximate surface area is 236 Å². The number of hydrogen-bond acceptors (Lipinski definition) is 4. The van der Waals surface area contributed by atoms with Crippen molar-refractivity contribution in [3.05, 3.63) is 101 Å². The molecule has 2 bridgehead atoms. The van der Waals surface area contributed by atoms with Crippen LogP contribution in [0.1, 0.15) is 53.4 Å². The van der Waals surface area contributed by atoms with Crippen LogP contribution < -0.4 is 5.32 Å². The Kier molecular flexibility index (Phi) is 5.79. The van der Waals surface area contributed by atoms with E-state index >= 15 is 0 Å². The lowest BCUT2D eigenvalue weighted by Crippen LogP contribution is -2.57. The molecule has 7 rings (SSSR count). The predicted octanol–water partition coefficient (Wildman–Crippen LogP) is 5.45. The SMILES string of the molecule is CC(=O)c1ccc(NC(=O)[C@H](C(C)C)N2C(=O)[C@@H]3[C@@H](C2=O)C2(Cl)c4ccccc4C3(Cl)c3ccccc32)cc1. The Bertz CT molecular complexity index is 1440. The summed E-state index contributed by atoms with van der Waals surface area (Å²) < 4.78 is 0. The standard InChI is InChI=1S/C31H26Cl2N2O4/c1-16(2)26(27(37)34-19-14-12-18(13-15-19)17(3)36)35-28(38)24-25(29(35)39)31(33)21-9-5-4-8-20(21)30(24,32)22-10-6-7-11-23(22)31/h4-16,24-26H,1-3H3,(H,34,37)/t24-,25-,26-,30?,31?/m0/s1. The summed E-state index contributed by atoms with van der Waals surface area (Å²) in [5.41, 5.74) is 3.80. The topological polar surface area (TPSA) is 83.6 Å². The average Bonchev–Trinajstić information content (AvgIpc) is 3.18. The number of halogens is 2. The largest absolute Gasteiger partial charge is 0.324 e. The summed E-state index contributed by atoms with van der Waals surface area (Å²) in [7, 11) is 0. The van der Waals surface area contributed by atoms with Gasteiger partial charge < -0.3 is 5.32 Å². The molecule has 3 atom stereocenters. The predicted molar refractivity (Wildman–Crippen MR) is 149 cm³/mol. The lowest BCUT2D eigenvalue weighted by molar-refractivity contribution is -0.148. The molecule has 3 aromatic rings. The van der Waals surface area contributed by atoms with Crippen LogP contribution in [0.2, 0.25) is 0 Å². The number of carbonyl (C=O) groups excluding carboxylic acids is 4. The van der Waals surface area contributed by atoms with Gasteiger partial charge >= 0.3 is 0 Å². The first-order chi connectivity index (χ1) is 18.5. The van der Waals surface area contributed by atoms with Crippen molar-refractivity contribution in [2.75, 3.05) is 5.32 Å². The summed E-state index contributed by atoms with van der Waals surface area (Å²) in [6.45, 7) is 5.04. The Balaban J connectivity index is 1.44. The molecule has 3 aromatic carbocycles. The highest BCUT2D eigenvalue weighted by Gasteiger charge is 2.73. The maximum atomic E-state index is 14.3. The molecule has 0 saturated carbocycles. The Morgan fingerprint density at radius 1 is 0.769 bits per heavy atom. The molecule has 1 fully saturated rings. The molecule has 8 heteroatoms. The van der Waals surface area contributed by atoms with E-state index in [2.05, 4.69) is 5.32 Å². The third-order valence-corrected chi connectivity index (χ3v) is 9.64. The molecule has 1 aliphatic heterocycles. The number of ketones is 1. The van der Waals surface area contributed by atoms with E-state index in [1.807, 2.05) is 48.5 Å². The maximum Gasteiger partial charge on any atom is 0.247 e. The van der Waals surface area contributed by atoms with Crippen molar-refractivity contribution in [2.24, 2.45) is 17.8 Å². The normalized spacial score (nSPS) is 27.2. The minimum absolute atomic E-state index is 0.0922. The molecule has 1 saturated heterocycles. The number of anilines is 1. The summed E-state index contributed by atoms with van der Waals surface area (Å²) in [6, 6.07) is 20.2. The van der Waals surface area contributed by atoms with Crippen LogP contribution in [0.15, 0.2) is 72.8 Å². The Morgan fingerprint density at radius 2 is 1.18 bits per heavy atom. The number of nitrogens with one attached hydrogen (secondary N) is 1. The Hall–Kier alpha value is -3.48. The second kappa shape index (κ2) is 8.77. The molecule has 3 aliphatic carbocycles. The number of rotatable bonds is 5. The first-order valence-corrected chi connectivity index (χ1v) is 13.6. The lowest BCUT2D eigenvalue weighted by atomic mass is 9.54. The fourth-order valence-electron chi connectivity index (χ4n) is 6.69. The van der Waals surface area contributed by atoms with Gasteiger partial charge in [0, 0.05) is 11.3 Å². The molecule has 0 spiro atoms. The number of Topliss-reactive ketones (excluding diaryl/α,β-unsaturated/α-hetero) is 1. The van der Waals surface area contributed by atoms with Gasteiger partial charge in [-0.3, -0.25) is 24.1 Å². The van der Waals surface area contributed by atoms with E-state index in [9.17, 15) is 19.2 Å². The molecule has 1 heterocycles. The number of alkyl halides is 2. The number of imide groups is 1. The van der Waals surface area contributed by atoms with Crippen LogP contribution in [0.3, 0.4) is 0 Å². The van der Waals surface area contributed by atoms with Crippen molar-refractivity contribution >= 4 is 52.4 Å². The zero-order valence-corrected chi connectivity index (χ0v) is 23.1.